The fourth-order valence-corrected chi connectivity index (χ4v) is 12.9. The van der Waals surface area contributed by atoms with E-state index in [0.29, 0.717) is 55.1 Å². The van der Waals surface area contributed by atoms with E-state index in [1.807, 2.05) is 13.0 Å². The van der Waals surface area contributed by atoms with Crippen LogP contribution in [0.15, 0.2) is 82.4 Å². The first-order valence-electron chi connectivity index (χ1n) is 23.6. The number of aliphatic hydroxyl groups is 1. The number of anilines is 2. The van der Waals surface area contributed by atoms with Crippen molar-refractivity contribution in [1.29, 1.82) is 0 Å². The average molecular weight is 997 g/mol. The number of likely N-dealkylation sites (tertiary alicyclic amines) is 1. The lowest BCUT2D eigenvalue weighted by Crippen LogP contribution is -2.54. The molecular weight excluding hydrogens is 939 g/mol. The first-order valence-corrected chi connectivity index (χ1v) is 25.9. The zero-order chi connectivity index (χ0) is 46.8. The van der Waals surface area contributed by atoms with Crippen LogP contribution in [-0.4, -0.2) is 83.1 Å². The van der Waals surface area contributed by atoms with Crippen molar-refractivity contribution >= 4 is 60.0 Å². The number of carbonyl (C=O) groups is 1. The van der Waals surface area contributed by atoms with E-state index < -0.39 is 37.0 Å². The maximum atomic E-state index is 14.2. The van der Waals surface area contributed by atoms with Crippen LogP contribution in [0.1, 0.15) is 118 Å². The molecule has 4 N–H and O–H groups in total. The van der Waals surface area contributed by atoms with E-state index in [9.17, 15) is 28.4 Å². The maximum absolute atomic E-state index is 14.2. The molecule has 2 aliphatic carbocycles. The number of amides is 1. The number of fused-ring (bicyclic) bond motifs is 2. The SMILES string of the molecule is CC(C)c1ccccc1[C@H]1CCCN1C1CC2(CCN(c3ccc(C(=O)NS(=O)(=O)c4cc5c(c([N+](=O)[O-])c4)N[C@@H]([C@H]4CC[C@](C)(O)CC4)CO5)c(Oc4cnc5[nH]cc(Br)c5c4)c3)CC2)C1. The Morgan fingerprint density at radius 2 is 1.81 bits per heavy atom. The first kappa shape index (κ1) is 45.5. The number of carbonyl (C=O) groups excluding carboxylic acids is 1. The smallest absolute Gasteiger partial charge is 0.297 e. The lowest BCUT2D eigenvalue weighted by atomic mass is 9.59. The maximum Gasteiger partial charge on any atom is 0.297 e. The first-order chi connectivity index (χ1) is 32.1. The lowest BCUT2D eigenvalue weighted by molar-refractivity contribution is -0.384. The summed E-state index contributed by atoms with van der Waals surface area (Å²) in [6.07, 6.45) is 12.8. The van der Waals surface area contributed by atoms with Crippen molar-refractivity contribution < 1.29 is 32.7 Å². The van der Waals surface area contributed by atoms with E-state index in [0.717, 1.165) is 54.1 Å². The van der Waals surface area contributed by atoms with Crippen LogP contribution < -0.4 is 24.4 Å². The summed E-state index contributed by atoms with van der Waals surface area (Å²) in [6, 6.07) is 18.8. The summed E-state index contributed by atoms with van der Waals surface area (Å²) >= 11 is 3.54. The molecule has 67 heavy (non-hydrogen) atoms. The summed E-state index contributed by atoms with van der Waals surface area (Å²) in [5.41, 5.74) is 3.51. The number of H-pyrrole nitrogens is 1. The lowest BCUT2D eigenvalue weighted by Gasteiger charge is -2.56. The fourth-order valence-electron chi connectivity index (χ4n) is 11.5. The topological polar surface area (TPSA) is 192 Å². The molecular formula is C50H58BrN7O8S. The van der Waals surface area contributed by atoms with Gasteiger partial charge in [-0.3, -0.25) is 19.8 Å². The number of nitro benzene ring substituents is 1. The molecule has 3 aromatic carbocycles. The van der Waals surface area contributed by atoms with Gasteiger partial charge in [-0.05, 0) is 140 Å². The van der Waals surface area contributed by atoms with Gasteiger partial charge in [-0.1, -0.05) is 38.1 Å². The quantitative estimate of drug-likeness (QED) is 0.0724. The minimum Gasteiger partial charge on any atom is -0.489 e. The number of pyridine rings is 1. The summed E-state index contributed by atoms with van der Waals surface area (Å²) < 4.78 is 43.3. The second kappa shape index (κ2) is 17.7. The number of nitro groups is 1. The summed E-state index contributed by atoms with van der Waals surface area (Å²) in [6.45, 7) is 9.33. The number of rotatable bonds is 11. The van der Waals surface area contributed by atoms with Crippen molar-refractivity contribution in [1.82, 2.24) is 19.6 Å². The molecule has 15 nitrogen and oxygen atoms in total. The van der Waals surface area contributed by atoms with Crippen LogP contribution in [0.25, 0.3) is 11.0 Å². The Kier molecular flexibility index (Phi) is 12.0. The second-order valence-corrected chi connectivity index (χ2v) is 22.7. The molecule has 17 heteroatoms. The van der Waals surface area contributed by atoms with Crippen LogP contribution in [0.2, 0.25) is 0 Å². The number of aromatic amines is 1. The van der Waals surface area contributed by atoms with Gasteiger partial charge in [-0.2, -0.15) is 0 Å². The predicted molar refractivity (Wildman–Crippen MR) is 260 cm³/mol. The molecule has 0 radical (unpaired) electrons. The van der Waals surface area contributed by atoms with Gasteiger partial charge in [-0.25, -0.2) is 18.1 Å². The molecule has 0 bridgehead atoms. The summed E-state index contributed by atoms with van der Waals surface area (Å²) in [5, 5.41) is 26.9. The van der Waals surface area contributed by atoms with Crippen LogP contribution in [0.3, 0.4) is 0 Å². The Bertz CT molecular complexity index is 2830. The van der Waals surface area contributed by atoms with Gasteiger partial charge >= 0.3 is 0 Å². The number of sulfonamides is 1. The predicted octanol–water partition coefficient (Wildman–Crippen LogP) is 9.97. The van der Waals surface area contributed by atoms with E-state index in [4.69, 9.17) is 9.47 Å². The van der Waals surface area contributed by atoms with E-state index in [2.05, 4.69) is 83.8 Å². The summed E-state index contributed by atoms with van der Waals surface area (Å²) in [4.78, 5) is 38.0. The highest BCUT2D eigenvalue weighted by atomic mass is 79.9. The van der Waals surface area contributed by atoms with Crippen LogP contribution in [0, 0.1) is 21.4 Å². The van der Waals surface area contributed by atoms with Crippen molar-refractivity contribution in [2.45, 2.75) is 120 Å². The largest absolute Gasteiger partial charge is 0.489 e. The standard InChI is InChI=1S/C50H58BrN7O8S/c1-30(2)36-7-4-5-8-37(36)42-9-6-18-57(42)33-25-50(26-33)16-19-56(20-17-50)32-10-11-38(44(21-32)66-34-22-39-40(51)28-53-47(39)52-27-34)48(59)55-67(63,64)35-23-43(58(61)62)46-45(24-35)65-29-41(54-46)31-12-14-49(3,60)15-13-31/h4-5,7-8,10-11,21-24,27-28,30-31,33,41-42,54,60H,6,9,12-20,25-26,29H2,1-3H3,(H,52,53)(H,55,59)/t31-,41-,42-,49-/m1/s1. The molecule has 4 fully saturated rings. The Hall–Kier alpha value is -5.23. The Morgan fingerprint density at radius 1 is 1.04 bits per heavy atom. The van der Waals surface area contributed by atoms with Gasteiger partial charge in [0.25, 0.3) is 21.6 Å². The van der Waals surface area contributed by atoms with Crippen LogP contribution in [0.4, 0.5) is 17.1 Å². The van der Waals surface area contributed by atoms with E-state index in [1.165, 1.54) is 49.1 Å². The monoisotopic (exact) mass is 995 g/mol. The Balaban J connectivity index is 0.863. The molecule has 3 aliphatic heterocycles. The number of ether oxygens (including phenoxy) is 2. The van der Waals surface area contributed by atoms with Gasteiger partial charge in [0.15, 0.2) is 11.4 Å². The van der Waals surface area contributed by atoms with Crippen LogP contribution in [-0.2, 0) is 10.0 Å². The number of hydrogen-bond donors (Lipinski definition) is 4. The highest BCUT2D eigenvalue weighted by Gasteiger charge is 2.50. The minimum absolute atomic E-state index is 0.00153. The third-order valence-electron chi connectivity index (χ3n) is 15.4. The molecule has 1 spiro atoms. The molecule has 0 unspecified atom stereocenters. The second-order valence-electron chi connectivity index (χ2n) is 20.1. The van der Waals surface area contributed by atoms with Crippen molar-refractivity contribution in [3.63, 3.8) is 0 Å². The highest BCUT2D eigenvalue weighted by Crippen LogP contribution is 2.54. The normalized spacial score (nSPS) is 24.2. The van der Waals surface area contributed by atoms with Gasteiger partial charge in [0.05, 0.1) is 33.2 Å². The van der Waals surface area contributed by atoms with Gasteiger partial charge in [0.2, 0.25) is 0 Å². The molecule has 1 amide bonds. The molecule has 5 heterocycles. The number of nitrogens with zero attached hydrogens (tertiary/aromatic N) is 4. The Morgan fingerprint density at radius 3 is 2.55 bits per heavy atom. The van der Waals surface area contributed by atoms with E-state index in [-0.39, 0.29) is 46.7 Å². The van der Waals surface area contributed by atoms with Gasteiger partial charge in [-0.15, -0.1) is 0 Å². The molecule has 354 valence electrons. The van der Waals surface area contributed by atoms with E-state index >= 15 is 0 Å². The molecule has 5 aromatic rings. The van der Waals surface area contributed by atoms with Crippen molar-refractivity contribution in [3.05, 3.63) is 104 Å². The van der Waals surface area contributed by atoms with Crippen molar-refractivity contribution in [2.75, 3.05) is 36.5 Å². The average Bonchev–Trinajstić information content (AvgIpc) is 3.94. The van der Waals surface area contributed by atoms with Crippen LogP contribution in [0.5, 0.6) is 17.2 Å². The molecule has 2 aromatic heterocycles. The van der Waals surface area contributed by atoms with Crippen molar-refractivity contribution in [3.8, 4) is 17.2 Å². The third-order valence-corrected chi connectivity index (χ3v) is 17.3. The molecule has 10 rings (SSSR count). The third kappa shape index (κ3) is 8.99. The van der Waals surface area contributed by atoms with Gasteiger partial charge in [0, 0.05) is 65.1 Å². The summed E-state index contributed by atoms with van der Waals surface area (Å²) in [5.74, 6) is 0.0874. The molecule has 2 saturated carbocycles. The van der Waals surface area contributed by atoms with Crippen LogP contribution >= 0.6 is 15.9 Å². The summed E-state index contributed by atoms with van der Waals surface area (Å²) in [7, 11) is -4.67. The molecule has 2 saturated heterocycles. The Labute approximate surface area is 399 Å². The number of benzene rings is 3. The fraction of sp³-hybridized carbons (Fsp3) is 0.480. The number of halogens is 1. The number of nitrogens with one attached hydrogen (secondary N) is 3. The van der Waals surface area contributed by atoms with E-state index in [1.54, 1.807) is 24.4 Å². The zero-order valence-electron chi connectivity index (χ0n) is 38.1. The highest BCUT2D eigenvalue weighted by molar-refractivity contribution is 9.10. The number of piperidine rings is 1. The molecule has 5 aliphatic rings. The minimum atomic E-state index is -4.67. The molecule has 2 atom stereocenters. The number of aromatic nitrogens is 2. The zero-order valence-corrected chi connectivity index (χ0v) is 40.5. The van der Waals surface area contributed by atoms with Gasteiger partial charge in [0.1, 0.15) is 23.8 Å². The number of hydrogen-bond acceptors (Lipinski definition) is 12. The van der Waals surface area contributed by atoms with Gasteiger partial charge < -0.3 is 29.8 Å². The van der Waals surface area contributed by atoms with Crippen molar-refractivity contribution in [2.24, 2.45) is 11.3 Å².